The quantitative estimate of drug-likeness (QED) is 0.885. The van der Waals surface area contributed by atoms with Crippen LogP contribution in [0, 0.1) is 29.0 Å². The Bertz CT molecular complexity index is 450. The van der Waals surface area contributed by atoms with Crippen molar-refractivity contribution in [1.29, 1.82) is 5.26 Å². The molecule has 1 aromatic rings. The highest BCUT2D eigenvalue weighted by Gasteiger charge is 2.20. The lowest BCUT2D eigenvalue weighted by Gasteiger charge is -2.11. The summed E-state index contributed by atoms with van der Waals surface area (Å²) in [4.78, 5) is 0. The molecule has 0 saturated heterocycles. The Morgan fingerprint density at radius 3 is 2.89 bits per heavy atom. The summed E-state index contributed by atoms with van der Waals surface area (Å²) in [6.07, 6.45) is 3.91. The van der Waals surface area contributed by atoms with Gasteiger partial charge in [-0.1, -0.05) is 13.3 Å². The fourth-order valence-electron chi connectivity index (χ4n) is 2.75. The SMILES string of the molecule is CC1CCC(CNCc2cc(F)cc(C#N)c2)C1. The summed E-state index contributed by atoms with van der Waals surface area (Å²) in [6, 6.07) is 6.48. The van der Waals surface area contributed by atoms with E-state index in [4.69, 9.17) is 5.26 Å². The van der Waals surface area contributed by atoms with Crippen molar-refractivity contribution in [2.45, 2.75) is 32.7 Å². The van der Waals surface area contributed by atoms with Crippen LogP contribution in [0.15, 0.2) is 18.2 Å². The molecule has 0 aromatic heterocycles. The molecule has 0 radical (unpaired) electrons. The number of halogens is 1. The molecule has 0 aliphatic heterocycles. The molecule has 0 heterocycles. The second kappa shape index (κ2) is 5.97. The predicted octanol–water partition coefficient (Wildman–Crippen LogP) is 3.22. The molecule has 1 N–H and O–H groups in total. The molecule has 0 amide bonds. The van der Waals surface area contributed by atoms with E-state index in [0.717, 1.165) is 23.9 Å². The van der Waals surface area contributed by atoms with Gasteiger partial charge in [0.1, 0.15) is 5.82 Å². The smallest absolute Gasteiger partial charge is 0.124 e. The minimum Gasteiger partial charge on any atom is -0.312 e. The lowest BCUT2D eigenvalue weighted by molar-refractivity contribution is 0.470. The lowest BCUT2D eigenvalue weighted by atomic mass is 10.1. The van der Waals surface area contributed by atoms with Gasteiger partial charge in [0.05, 0.1) is 11.6 Å². The average molecular weight is 246 g/mol. The van der Waals surface area contributed by atoms with Crippen LogP contribution in [0.2, 0.25) is 0 Å². The van der Waals surface area contributed by atoms with Gasteiger partial charge in [-0.3, -0.25) is 0 Å². The van der Waals surface area contributed by atoms with Gasteiger partial charge in [-0.05, 0) is 55.0 Å². The summed E-state index contributed by atoms with van der Waals surface area (Å²) in [7, 11) is 0. The van der Waals surface area contributed by atoms with Crippen molar-refractivity contribution in [2.24, 2.45) is 11.8 Å². The Hall–Kier alpha value is -1.40. The highest BCUT2D eigenvalue weighted by molar-refractivity contribution is 5.33. The highest BCUT2D eigenvalue weighted by Crippen LogP contribution is 2.29. The number of hydrogen-bond acceptors (Lipinski definition) is 2. The molecule has 1 aromatic carbocycles. The molecular weight excluding hydrogens is 227 g/mol. The van der Waals surface area contributed by atoms with E-state index in [9.17, 15) is 4.39 Å². The summed E-state index contributed by atoms with van der Waals surface area (Å²) >= 11 is 0. The minimum atomic E-state index is -0.333. The van der Waals surface area contributed by atoms with Gasteiger partial charge >= 0.3 is 0 Å². The molecule has 18 heavy (non-hydrogen) atoms. The van der Waals surface area contributed by atoms with E-state index in [2.05, 4.69) is 12.2 Å². The first-order valence-corrected chi connectivity index (χ1v) is 6.57. The van der Waals surface area contributed by atoms with Gasteiger partial charge < -0.3 is 5.32 Å². The van der Waals surface area contributed by atoms with E-state index >= 15 is 0 Å². The van der Waals surface area contributed by atoms with Crippen molar-refractivity contribution in [1.82, 2.24) is 5.32 Å². The van der Waals surface area contributed by atoms with Gasteiger partial charge in [0.15, 0.2) is 0 Å². The van der Waals surface area contributed by atoms with Crippen LogP contribution in [0.4, 0.5) is 4.39 Å². The van der Waals surface area contributed by atoms with Gasteiger partial charge in [0.2, 0.25) is 0 Å². The molecule has 2 nitrogen and oxygen atoms in total. The molecule has 2 atom stereocenters. The Labute approximate surface area is 108 Å². The fraction of sp³-hybridized carbons (Fsp3) is 0.533. The van der Waals surface area contributed by atoms with Crippen LogP contribution in [0.5, 0.6) is 0 Å². The van der Waals surface area contributed by atoms with Crippen molar-refractivity contribution >= 4 is 0 Å². The highest BCUT2D eigenvalue weighted by atomic mass is 19.1. The topological polar surface area (TPSA) is 35.8 Å². The Balaban J connectivity index is 1.83. The number of nitriles is 1. The Morgan fingerprint density at radius 2 is 2.22 bits per heavy atom. The molecule has 1 aliphatic rings. The number of nitrogens with one attached hydrogen (secondary N) is 1. The summed E-state index contributed by atoms with van der Waals surface area (Å²) in [5, 5.41) is 12.1. The van der Waals surface area contributed by atoms with E-state index in [1.165, 1.54) is 31.4 Å². The average Bonchev–Trinajstić information content (AvgIpc) is 2.74. The summed E-state index contributed by atoms with van der Waals surface area (Å²) in [5.41, 5.74) is 1.24. The van der Waals surface area contributed by atoms with Crippen LogP contribution >= 0.6 is 0 Å². The minimum absolute atomic E-state index is 0.333. The van der Waals surface area contributed by atoms with E-state index in [0.29, 0.717) is 12.1 Å². The van der Waals surface area contributed by atoms with E-state index in [1.807, 2.05) is 6.07 Å². The number of hydrogen-bond donors (Lipinski definition) is 1. The normalized spacial score (nSPS) is 22.9. The van der Waals surface area contributed by atoms with Crippen molar-refractivity contribution in [3.8, 4) is 6.07 Å². The summed E-state index contributed by atoms with van der Waals surface area (Å²) in [5.74, 6) is 1.26. The lowest BCUT2D eigenvalue weighted by Crippen LogP contribution is -2.21. The molecule has 1 aliphatic carbocycles. The van der Waals surface area contributed by atoms with Gasteiger partial charge in [-0.25, -0.2) is 4.39 Å². The van der Waals surface area contributed by atoms with Crippen LogP contribution < -0.4 is 5.32 Å². The van der Waals surface area contributed by atoms with Crippen LogP contribution in [-0.4, -0.2) is 6.54 Å². The molecule has 3 heteroatoms. The first-order valence-electron chi connectivity index (χ1n) is 6.57. The third-order valence-corrected chi connectivity index (χ3v) is 3.65. The van der Waals surface area contributed by atoms with Crippen LogP contribution in [0.3, 0.4) is 0 Å². The van der Waals surface area contributed by atoms with Crippen molar-refractivity contribution in [3.63, 3.8) is 0 Å². The Morgan fingerprint density at radius 1 is 1.39 bits per heavy atom. The van der Waals surface area contributed by atoms with Crippen LogP contribution in [-0.2, 0) is 6.54 Å². The largest absolute Gasteiger partial charge is 0.312 e. The fourth-order valence-corrected chi connectivity index (χ4v) is 2.75. The van der Waals surface area contributed by atoms with Gasteiger partial charge in [0, 0.05) is 6.54 Å². The monoisotopic (exact) mass is 246 g/mol. The molecule has 0 bridgehead atoms. The van der Waals surface area contributed by atoms with Gasteiger partial charge in [-0.15, -0.1) is 0 Å². The second-order valence-corrected chi connectivity index (χ2v) is 5.38. The second-order valence-electron chi connectivity index (χ2n) is 5.38. The number of rotatable bonds is 4. The molecule has 2 rings (SSSR count). The maximum atomic E-state index is 13.2. The third-order valence-electron chi connectivity index (χ3n) is 3.65. The zero-order valence-corrected chi connectivity index (χ0v) is 10.7. The van der Waals surface area contributed by atoms with Crippen molar-refractivity contribution in [3.05, 3.63) is 35.1 Å². The first-order chi connectivity index (χ1) is 8.67. The standard InChI is InChI=1S/C15H19FN2/c1-11-2-3-12(4-11)9-18-10-14-5-13(8-17)6-15(16)7-14/h5-7,11-12,18H,2-4,9-10H2,1H3. The molecular formula is C15H19FN2. The first kappa shape index (κ1) is 13.0. The zero-order valence-electron chi connectivity index (χ0n) is 10.7. The molecule has 0 spiro atoms. The van der Waals surface area contributed by atoms with E-state index in [1.54, 1.807) is 6.07 Å². The van der Waals surface area contributed by atoms with Gasteiger partial charge in [-0.2, -0.15) is 5.26 Å². The van der Waals surface area contributed by atoms with Crippen molar-refractivity contribution < 1.29 is 4.39 Å². The maximum Gasteiger partial charge on any atom is 0.124 e. The zero-order chi connectivity index (χ0) is 13.0. The number of benzene rings is 1. The number of nitrogens with zero attached hydrogens (tertiary/aromatic N) is 1. The molecule has 1 saturated carbocycles. The maximum absolute atomic E-state index is 13.2. The van der Waals surface area contributed by atoms with Crippen LogP contribution in [0.25, 0.3) is 0 Å². The Kier molecular flexibility index (Phi) is 4.33. The molecule has 1 fully saturated rings. The summed E-state index contributed by atoms with van der Waals surface area (Å²) in [6.45, 7) is 3.92. The third kappa shape index (κ3) is 3.54. The summed E-state index contributed by atoms with van der Waals surface area (Å²) < 4.78 is 13.2. The molecule has 2 unspecified atom stereocenters. The van der Waals surface area contributed by atoms with E-state index in [-0.39, 0.29) is 5.82 Å². The van der Waals surface area contributed by atoms with Crippen LogP contribution in [0.1, 0.15) is 37.3 Å². The molecule has 96 valence electrons. The van der Waals surface area contributed by atoms with E-state index < -0.39 is 0 Å². The van der Waals surface area contributed by atoms with Crippen molar-refractivity contribution in [2.75, 3.05) is 6.54 Å². The predicted molar refractivity (Wildman–Crippen MR) is 69.3 cm³/mol. The van der Waals surface area contributed by atoms with Gasteiger partial charge in [0.25, 0.3) is 0 Å².